The first kappa shape index (κ1) is 15.0. The summed E-state index contributed by atoms with van der Waals surface area (Å²) in [7, 11) is 0. The third-order valence-corrected chi connectivity index (χ3v) is 3.09. The molecule has 0 aliphatic carbocycles. The number of anilines is 1. The first-order chi connectivity index (χ1) is 9.36. The van der Waals surface area contributed by atoms with Gasteiger partial charge < -0.3 is 15.4 Å². The maximum Gasteiger partial charge on any atom is 0.200 e. The van der Waals surface area contributed by atoms with Gasteiger partial charge in [-0.3, -0.25) is 0 Å². The highest BCUT2D eigenvalue weighted by Crippen LogP contribution is 2.31. The van der Waals surface area contributed by atoms with Crippen LogP contribution in [0.3, 0.4) is 0 Å². The Morgan fingerprint density at radius 2 is 1.50 bits per heavy atom. The second-order valence-electron chi connectivity index (χ2n) is 4.63. The van der Waals surface area contributed by atoms with E-state index < -0.39 is 47.0 Å². The van der Waals surface area contributed by atoms with E-state index in [1.165, 1.54) is 0 Å². The van der Waals surface area contributed by atoms with Gasteiger partial charge in [-0.25, -0.2) is 22.0 Å². The minimum absolute atomic E-state index is 0.00878. The van der Waals surface area contributed by atoms with E-state index in [1.54, 1.807) is 6.92 Å². The molecule has 0 radical (unpaired) electrons. The summed E-state index contributed by atoms with van der Waals surface area (Å²) in [5, 5.41) is 0. The Morgan fingerprint density at radius 1 is 1.00 bits per heavy atom. The van der Waals surface area contributed by atoms with Crippen molar-refractivity contribution in [3.05, 3.63) is 29.1 Å². The average Bonchev–Trinajstić information content (AvgIpc) is 2.42. The summed E-state index contributed by atoms with van der Waals surface area (Å²) in [6.45, 7) is 1.67. The van der Waals surface area contributed by atoms with Gasteiger partial charge in [0.15, 0.2) is 23.3 Å². The fourth-order valence-corrected chi connectivity index (χ4v) is 2.23. The number of benzene rings is 1. The topological polar surface area (TPSA) is 38.5 Å². The largest absolute Gasteiger partial charge is 0.370 e. The second-order valence-corrected chi connectivity index (χ2v) is 4.63. The summed E-state index contributed by atoms with van der Waals surface area (Å²) in [6, 6.07) is 0. The Bertz CT molecular complexity index is 496. The van der Waals surface area contributed by atoms with Gasteiger partial charge in [-0.15, -0.1) is 0 Å². The van der Waals surface area contributed by atoms with Crippen LogP contribution in [0.2, 0.25) is 0 Å². The molecule has 1 aromatic rings. The Kier molecular flexibility index (Phi) is 4.14. The zero-order chi connectivity index (χ0) is 15.0. The number of hydrogen-bond donors (Lipinski definition) is 1. The summed E-state index contributed by atoms with van der Waals surface area (Å²) >= 11 is 0. The molecule has 1 heterocycles. The highest BCUT2D eigenvalue weighted by atomic mass is 19.2. The minimum Gasteiger partial charge on any atom is -0.370 e. The van der Waals surface area contributed by atoms with Gasteiger partial charge in [-0.1, -0.05) is 0 Å². The molecule has 1 aliphatic heterocycles. The molecule has 8 heteroatoms. The van der Waals surface area contributed by atoms with E-state index in [-0.39, 0.29) is 19.6 Å². The lowest BCUT2D eigenvalue weighted by molar-refractivity contribution is -0.0109. The van der Waals surface area contributed by atoms with Gasteiger partial charge in [-0.05, 0) is 6.92 Å². The lowest BCUT2D eigenvalue weighted by Crippen LogP contribution is -2.50. The zero-order valence-electron chi connectivity index (χ0n) is 10.6. The van der Waals surface area contributed by atoms with E-state index in [1.807, 2.05) is 0 Å². The zero-order valence-corrected chi connectivity index (χ0v) is 10.6. The number of morpholine rings is 1. The molecule has 2 rings (SSSR count). The van der Waals surface area contributed by atoms with Crippen LogP contribution in [0.1, 0.15) is 6.92 Å². The van der Waals surface area contributed by atoms with Crippen molar-refractivity contribution in [1.82, 2.24) is 0 Å². The summed E-state index contributed by atoms with van der Waals surface area (Å²) in [4.78, 5) is 1.07. The molecule has 2 atom stereocenters. The number of nitrogens with zero attached hydrogens (tertiary/aromatic N) is 1. The Hall–Kier alpha value is -1.41. The van der Waals surface area contributed by atoms with Crippen molar-refractivity contribution in [3.63, 3.8) is 0 Å². The Morgan fingerprint density at radius 3 is 2.00 bits per heavy atom. The molecule has 1 aromatic carbocycles. The van der Waals surface area contributed by atoms with Crippen LogP contribution in [-0.4, -0.2) is 31.8 Å². The summed E-state index contributed by atoms with van der Waals surface area (Å²) in [6.07, 6.45) is -0.971. The molecular weight excluding hydrogens is 283 g/mol. The van der Waals surface area contributed by atoms with Gasteiger partial charge in [-0.2, -0.15) is 0 Å². The number of hydrogen-bond acceptors (Lipinski definition) is 3. The van der Waals surface area contributed by atoms with Crippen molar-refractivity contribution in [2.45, 2.75) is 19.1 Å². The quantitative estimate of drug-likeness (QED) is 0.515. The van der Waals surface area contributed by atoms with Crippen molar-refractivity contribution in [3.8, 4) is 0 Å². The molecule has 0 amide bonds. The monoisotopic (exact) mass is 296 g/mol. The lowest BCUT2D eigenvalue weighted by Gasteiger charge is -2.38. The third-order valence-electron chi connectivity index (χ3n) is 3.09. The molecule has 1 saturated heterocycles. The summed E-state index contributed by atoms with van der Waals surface area (Å²) in [5.74, 6) is -9.76. The molecule has 2 unspecified atom stereocenters. The fourth-order valence-electron chi connectivity index (χ4n) is 2.23. The second kappa shape index (κ2) is 5.53. The van der Waals surface area contributed by atoms with E-state index in [2.05, 4.69) is 0 Å². The van der Waals surface area contributed by atoms with Crippen molar-refractivity contribution in [2.24, 2.45) is 5.73 Å². The summed E-state index contributed by atoms with van der Waals surface area (Å²) in [5.41, 5.74) is 4.48. The molecule has 1 fully saturated rings. The van der Waals surface area contributed by atoms with Gasteiger partial charge in [0.2, 0.25) is 5.82 Å². The maximum absolute atomic E-state index is 13.7. The molecule has 0 spiro atoms. The first-order valence-corrected chi connectivity index (χ1v) is 5.98. The van der Waals surface area contributed by atoms with Crippen molar-refractivity contribution in [1.29, 1.82) is 0 Å². The lowest BCUT2D eigenvalue weighted by atomic mass is 10.1. The van der Waals surface area contributed by atoms with Crippen LogP contribution in [0.5, 0.6) is 0 Å². The van der Waals surface area contributed by atoms with E-state index in [0.717, 1.165) is 4.90 Å². The predicted octanol–water partition coefficient (Wildman–Crippen LogP) is 1.93. The predicted molar refractivity (Wildman–Crippen MR) is 61.8 cm³/mol. The molecule has 1 aliphatic rings. The van der Waals surface area contributed by atoms with E-state index in [4.69, 9.17) is 10.5 Å². The SMILES string of the molecule is CC1CN(c2c(F)c(F)c(F)c(F)c2F)CC(CN)O1. The van der Waals surface area contributed by atoms with Gasteiger partial charge in [0.1, 0.15) is 5.69 Å². The van der Waals surface area contributed by atoms with Crippen LogP contribution >= 0.6 is 0 Å². The van der Waals surface area contributed by atoms with Gasteiger partial charge in [0.05, 0.1) is 12.2 Å². The van der Waals surface area contributed by atoms with Crippen LogP contribution in [0, 0.1) is 29.1 Å². The van der Waals surface area contributed by atoms with Crippen LogP contribution in [0.25, 0.3) is 0 Å². The Labute approximate surface area is 112 Å². The van der Waals surface area contributed by atoms with Gasteiger partial charge in [0, 0.05) is 19.6 Å². The van der Waals surface area contributed by atoms with Gasteiger partial charge in [0.25, 0.3) is 0 Å². The molecule has 0 bridgehead atoms. The average molecular weight is 296 g/mol. The molecular formula is C12H13F5N2O. The van der Waals surface area contributed by atoms with Gasteiger partial charge >= 0.3 is 0 Å². The van der Waals surface area contributed by atoms with Crippen molar-refractivity contribution in [2.75, 3.05) is 24.5 Å². The van der Waals surface area contributed by atoms with E-state index >= 15 is 0 Å². The first-order valence-electron chi connectivity index (χ1n) is 5.98. The number of ether oxygens (including phenoxy) is 1. The Balaban J connectivity index is 2.47. The third kappa shape index (κ3) is 2.45. The van der Waals surface area contributed by atoms with Crippen LogP contribution in [-0.2, 0) is 4.74 Å². The van der Waals surface area contributed by atoms with Crippen molar-refractivity contribution >= 4 is 5.69 Å². The van der Waals surface area contributed by atoms with Crippen LogP contribution in [0.15, 0.2) is 0 Å². The van der Waals surface area contributed by atoms with Crippen molar-refractivity contribution < 1.29 is 26.7 Å². The standard InChI is InChI=1S/C12H13F5N2O/c1-5-3-19(4-6(2-18)20-5)12-10(16)8(14)7(13)9(15)11(12)17/h5-6H,2-4,18H2,1H3. The molecule has 0 saturated carbocycles. The number of halogens is 5. The highest BCUT2D eigenvalue weighted by Gasteiger charge is 2.33. The molecule has 2 N–H and O–H groups in total. The smallest absolute Gasteiger partial charge is 0.200 e. The molecule has 20 heavy (non-hydrogen) atoms. The minimum atomic E-state index is -2.17. The number of rotatable bonds is 2. The van der Waals surface area contributed by atoms with E-state index in [0.29, 0.717) is 0 Å². The maximum atomic E-state index is 13.7. The molecule has 112 valence electrons. The molecule has 0 aromatic heterocycles. The fraction of sp³-hybridized carbons (Fsp3) is 0.500. The molecule has 3 nitrogen and oxygen atoms in total. The van der Waals surface area contributed by atoms with E-state index in [9.17, 15) is 22.0 Å². The number of nitrogens with two attached hydrogens (primary N) is 1. The van der Waals surface area contributed by atoms with Crippen LogP contribution < -0.4 is 10.6 Å². The summed E-state index contributed by atoms with van der Waals surface area (Å²) < 4.78 is 72.2. The normalized spacial score (nSPS) is 23.2. The highest BCUT2D eigenvalue weighted by molar-refractivity contribution is 5.51. The van der Waals surface area contributed by atoms with Crippen LogP contribution in [0.4, 0.5) is 27.6 Å².